The van der Waals surface area contributed by atoms with E-state index in [-0.39, 0.29) is 24.6 Å². The maximum absolute atomic E-state index is 12.9. The number of anilines is 1. The molecule has 10 heteroatoms. The van der Waals surface area contributed by atoms with Gasteiger partial charge in [0.15, 0.2) is 12.2 Å². The van der Waals surface area contributed by atoms with Gasteiger partial charge < -0.3 is 30.5 Å². The number of carbonyl (C=O) groups excluding carboxylic acids is 4. The van der Waals surface area contributed by atoms with Crippen molar-refractivity contribution >= 4 is 29.4 Å². The van der Waals surface area contributed by atoms with Crippen LogP contribution in [0, 0.1) is 0 Å². The van der Waals surface area contributed by atoms with Gasteiger partial charge in [0.1, 0.15) is 6.04 Å². The molecule has 38 heavy (non-hydrogen) atoms. The van der Waals surface area contributed by atoms with Crippen LogP contribution in [0.3, 0.4) is 0 Å². The van der Waals surface area contributed by atoms with E-state index < -0.39 is 36.0 Å². The van der Waals surface area contributed by atoms with E-state index in [4.69, 9.17) is 4.74 Å². The summed E-state index contributed by atoms with van der Waals surface area (Å²) in [6.07, 6.45) is -2.59. The van der Waals surface area contributed by atoms with Crippen LogP contribution in [0.1, 0.15) is 49.5 Å². The normalized spacial score (nSPS) is 13.1. The number of aliphatic hydroxyl groups excluding tert-OH is 2. The number of benzene rings is 2. The Balaban J connectivity index is 2.07. The Hall–Kier alpha value is -3.76. The summed E-state index contributed by atoms with van der Waals surface area (Å²) < 4.78 is 5.01. The van der Waals surface area contributed by atoms with E-state index in [1.54, 1.807) is 54.3 Å². The van der Waals surface area contributed by atoms with Crippen molar-refractivity contribution in [3.8, 4) is 0 Å². The zero-order chi connectivity index (χ0) is 28.1. The number of amides is 3. The molecular formula is C28H37N3O7. The smallest absolute Gasteiger partial charge is 0.328 e. The molecule has 0 aromatic heterocycles. The molecule has 2 unspecified atom stereocenters. The van der Waals surface area contributed by atoms with E-state index in [0.717, 1.165) is 18.4 Å². The predicted octanol–water partition coefficient (Wildman–Crippen LogP) is 1.90. The van der Waals surface area contributed by atoms with E-state index >= 15 is 0 Å². The molecule has 0 spiro atoms. The first-order chi connectivity index (χ1) is 18.2. The van der Waals surface area contributed by atoms with Crippen LogP contribution >= 0.6 is 0 Å². The third kappa shape index (κ3) is 8.97. The second-order valence-corrected chi connectivity index (χ2v) is 8.75. The lowest BCUT2D eigenvalue weighted by Crippen LogP contribution is -2.52. The minimum atomic E-state index is -2.16. The molecule has 0 aliphatic rings. The maximum atomic E-state index is 12.9. The molecule has 0 fully saturated rings. The third-order valence-corrected chi connectivity index (χ3v) is 5.66. The van der Waals surface area contributed by atoms with Gasteiger partial charge in [-0.25, -0.2) is 4.79 Å². The molecule has 0 aliphatic heterocycles. The molecule has 0 aliphatic carbocycles. The number of hydrogen-bond donors (Lipinski definition) is 4. The number of carbonyl (C=O) groups is 4. The van der Waals surface area contributed by atoms with Crippen LogP contribution in [0.4, 0.5) is 5.69 Å². The summed E-state index contributed by atoms with van der Waals surface area (Å²) in [4.78, 5) is 52.2. The van der Waals surface area contributed by atoms with Crippen molar-refractivity contribution in [1.29, 1.82) is 0 Å². The highest BCUT2D eigenvalue weighted by molar-refractivity contribution is 6.00. The van der Waals surface area contributed by atoms with Crippen LogP contribution in [0.25, 0.3) is 0 Å². The number of nitrogens with zero attached hydrogens (tertiary/aromatic N) is 1. The van der Waals surface area contributed by atoms with Crippen molar-refractivity contribution in [1.82, 2.24) is 10.2 Å². The van der Waals surface area contributed by atoms with Crippen molar-refractivity contribution in [2.75, 3.05) is 25.0 Å². The molecule has 0 radical (unpaired) electrons. The fourth-order valence-corrected chi connectivity index (χ4v) is 3.81. The minimum Gasteiger partial charge on any atom is -0.464 e. The van der Waals surface area contributed by atoms with Gasteiger partial charge in [0, 0.05) is 30.8 Å². The molecular weight excluding hydrogens is 490 g/mol. The van der Waals surface area contributed by atoms with Crippen molar-refractivity contribution in [2.24, 2.45) is 0 Å². The van der Waals surface area contributed by atoms with Gasteiger partial charge >= 0.3 is 5.97 Å². The van der Waals surface area contributed by atoms with Gasteiger partial charge in [0.05, 0.1) is 6.61 Å². The first kappa shape index (κ1) is 30.5. The molecule has 0 bridgehead atoms. The quantitative estimate of drug-likeness (QED) is 0.275. The van der Waals surface area contributed by atoms with Crippen molar-refractivity contribution in [2.45, 2.75) is 58.3 Å². The second kappa shape index (κ2) is 15.5. The van der Waals surface area contributed by atoms with Crippen LogP contribution in [-0.2, 0) is 25.5 Å². The summed E-state index contributed by atoms with van der Waals surface area (Å²) >= 11 is 0. The summed E-state index contributed by atoms with van der Waals surface area (Å²) in [5, 5.41) is 25.5. The van der Waals surface area contributed by atoms with Crippen LogP contribution in [0.5, 0.6) is 0 Å². The Labute approximate surface area is 223 Å². The summed E-state index contributed by atoms with van der Waals surface area (Å²) in [6, 6.07) is 13.9. The van der Waals surface area contributed by atoms with E-state index in [9.17, 15) is 29.4 Å². The fourth-order valence-electron chi connectivity index (χ4n) is 3.81. The summed E-state index contributed by atoms with van der Waals surface area (Å²) in [5.74, 6) is -3.06. The van der Waals surface area contributed by atoms with Gasteiger partial charge in [-0.05, 0) is 43.5 Å². The van der Waals surface area contributed by atoms with E-state index in [0.29, 0.717) is 18.7 Å². The number of nitrogens with one attached hydrogen (secondary N) is 2. The standard InChI is InChI=1S/C28H37N3O7/c1-4-15-31(16-5-2)27(36)20-13-10-14-21(18-20)29-25(34)23(32)24(33)26(35)30-22(28(37)38-6-3)17-19-11-8-7-9-12-19/h7-14,18,22-24,32-33H,4-6,15-17H2,1-3H3,(H,29,34)(H,30,35)/t22-,23?,24?/m0/s1. The van der Waals surface area contributed by atoms with Gasteiger partial charge in [-0.1, -0.05) is 50.2 Å². The highest BCUT2D eigenvalue weighted by Crippen LogP contribution is 2.15. The molecule has 2 rings (SSSR count). The lowest BCUT2D eigenvalue weighted by molar-refractivity contribution is -0.150. The predicted molar refractivity (Wildman–Crippen MR) is 142 cm³/mol. The van der Waals surface area contributed by atoms with Crippen LogP contribution in [0.15, 0.2) is 54.6 Å². The minimum absolute atomic E-state index is 0.0871. The number of esters is 1. The van der Waals surface area contributed by atoms with E-state index in [2.05, 4.69) is 10.6 Å². The van der Waals surface area contributed by atoms with Gasteiger partial charge in [-0.15, -0.1) is 0 Å². The average Bonchev–Trinajstić information content (AvgIpc) is 2.92. The maximum Gasteiger partial charge on any atom is 0.328 e. The summed E-state index contributed by atoms with van der Waals surface area (Å²) in [6.45, 7) is 6.86. The number of ether oxygens (including phenoxy) is 1. The Kier molecular flexibility index (Phi) is 12.4. The Morgan fingerprint density at radius 1 is 0.868 bits per heavy atom. The van der Waals surface area contributed by atoms with Gasteiger partial charge in [-0.3, -0.25) is 14.4 Å². The van der Waals surface area contributed by atoms with Crippen molar-refractivity contribution in [3.05, 3.63) is 65.7 Å². The molecule has 2 aromatic rings. The van der Waals surface area contributed by atoms with Gasteiger partial charge in [0.2, 0.25) is 0 Å². The monoisotopic (exact) mass is 527 g/mol. The molecule has 206 valence electrons. The van der Waals surface area contributed by atoms with Crippen LogP contribution < -0.4 is 10.6 Å². The SMILES string of the molecule is CCCN(CCC)C(=O)c1cccc(NC(=O)C(O)C(O)C(=O)N[C@@H](Cc2ccccc2)C(=O)OCC)c1. The Morgan fingerprint density at radius 3 is 2.11 bits per heavy atom. The molecule has 10 nitrogen and oxygen atoms in total. The topological polar surface area (TPSA) is 145 Å². The lowest BCUT2D eigenvalue weighted by atomic mass is 10.0. The first-order valence-electron chi connectivity index (χ1n) is 12.8. The summed E-state index contributed by atoms with van der Waals surface area (Å²) in [7, 11) is 0. The molecule has 4 N–H and O–H groups in total. The number of rotatable bonds is 14. The molecule has 2 aromatic carbocycles. The first-order valence-corrected chi connectivity index (χ1v) is 12.8. The molecule has 0 saturated heterocycles. The molecule has 0 saturated carbocycles. The van der Waals surface area contributed by atoms with Crippen molar-refractivity contribution in [3.63, 3.8) is 0 Å². The highest BCUT2D eigenvalue weighted by atomic mass is 16.5. The molecule has 3 atom stereocenters. The largest absolute Gasteiger partial charge is 0.464 e. The number of aliphatic hydroxyl groups is 2. The third-order valence-electron chi connectivity index (χ3n) is 5.66. The van der Waals surface area contributed by atoms with E-state index in [1.807, 2.05) is 13.8 Å². The highest BCUT2D eigenvalue weighted by Gasteiger charge is 2.33. The van der Waals surface area contributed by atoms with Crippen molar-refractivity contribution < 1.29 is 34.1 Å². The zero-order valence-corrected chi connectivity index (χ0v) is 22.1. The number of hydrogen-bond acceptors (Lipinski definition) is 7. The van der Waals surface area contributed by atoms with Crippen LogP contribution in [0.2, 0.25) is 0 Å². The van der Waals surface area contributed by atoms with Gasteiger partial charge in [0.25, 0.3) is 17.7 Å². The average molecular weight is 528 g/mol. The molecule has 3 amide bonds. The lowest BCUT2D eigenvalue weighted by Gasteiger charge is -2.22. The van der Waals surface area contributed by atoms with E-state index in [1.165, 1.54) is 12.1 Å². The Bertz CT molecular complexity index is 1070. The Morgan fingerprint density at radius 2 is 1.50 bits per heavy atom. The zero-order valence-electron chi connectivity index (χ0n) is 22.1. The van der Waals surface area contributed by atoms with Gasteiger partial charge in [-0.2, -0.15) is 0 Å². The van der Waals surface area contributed by atoms with Crippen LogP contribution in [-0.4, -0.2) is 76.7 Å². The molecule has 0 heterocycles. The summed E-state index contributed by atoms with van der Waals surface area (Å²) in [5.41, 5.74) is 1.31. The second-order valence-electron chi connectivity index (χ2n) is 8.75. The fraction of sp³-hybridized carbons (Fsp3) is 0.429.